The lowest BCUT2D eigenvalue weighted by Crippen LogP contribution is -2.12. The molecule has 0 spiro atoms. The van der Waals surface area contributed by atoms with Crippen molar-refractivity contribution in [3.05, 3.63) is 57.8 Å². The maximum atomic E-state index is 13.4. The van der Waals surface area contributed by atoms with Gasteiger partial charge in [0.05, 0.1) is 6.10 Å². The minimum atomic E-state index is -0.607. The summed E-state index contributed by atoms with van der Waals surface area (Å²) in [5.41, 5.74) is 1.54. The molecule has 0 aliphatic carbocycles. The van der Waals surface area contributed by atoms with Crippen molar-refractivity contribution in [1.82, 2.24) is 0 Å². The van der Waals surface area contributed by atoms with E-state index in [1.807, 2.05) is 16.8 Å². The number of aliphatic hydroxyl groups is 1. The van der Waals surface area contributed by atoms with Crippen LogP contribution in [0.4, 0.5) is 8.78 Å². The zero-order valence-corrected chi connectivity index (χ0v) is 10.6. The van der Waals surface area contributed by atoms with Crippen LogP contribution in [0, 0.1) is 11.6 Å². The molecule has 0 saturated heterocycles. The van der Waals surface area contributed by atoms with Gasteiger partial charge in [0.15, 0.2) is 0 Å². The van der Waals surface area contributed by atoms with Gasteiger partial charge in [0.1, 0.15) is 11.6 Å². The molecule has 1 aromatic heterocycles. The minimum absolute atomic E-state index is 0.219. The summed E-state index contributed by atoms with van der Waals surface area (Å²) in [6, 6.07) is 5.46. The predicted molar refractivity (Wildman–Crippen MR) is 68.7 cm³/mol. The van der Waals surface area contributed by atoms with Crippen molar-refractivity contribution in [2.24, 2.45) is 0 Å². The quantitative estimate of drug-likeness (QED) is 0.879. The lowest BCUT2D eigenvalue weighted by atomic mass is 10.0. The molecular formula is C14H14F2OS. The van der Waals surface area contributed by atoms with Crippen molar-refractivity contribution in [3.8, 4) is 0 Å². The summed E-state index contributed by atoms with van der Waals surface area (Å²) in [5.74, 6) is -1.19. The van der Waals surface area contributed by atoms with Crippen LogP contribution in [-0.4, -0.2) is 11.2 Å². The molecule has 0 aliphatic rings. The van der Waals surface area contributed by atoms with Gasteiger partial charge in [-0.2, -0.15) is 11.3 Å². The molecule has 1 N–H and O–H groups in total. The van der Waals surface area contributed by atoms with Gasteiger partial charge in [-0.3, -0.25) is 0 Å². The predicted octanol–water partition coefficient (Wildman–Crippen LogP) is 3.56. The highest BCUT2D eigenvalue weighted by Crippen LogP contribution is 2.15. The molecule has 2 aromatic rings. The van der Waals surface area contributed by atoms with Crippen LogP contribution in [0.25, 0.3) is 0 Å². The van der Waals surface area contributed by atoms with E-state index in [1.165, 1.54) is 17.7 Å². The average Bonchev–Trinajstić information content (AvgIpc) is 2.83. The maximum Gasteiger partial charge on any atom is 0.129 e. The summed E-state index contributed by atoms with van der Waals surface area (Å²) in [6.45, 7) is 0. The fourth-order valence-corrected chi connectivity index (χ4v) is 2.51. The zero-order valence-electron chi connectivity index (χ0n) is 9.77. The van der Waals surface area contributed by atoms with Crippen LogP contribution < -0.4 is 0 Å². The zero-order chi connectivity index (χ0) is 13.0. The Morgan fingerprint density at radius 2 is 2.06 bits per heavy atom. The van der Waals surface area contributed by atoms with Crippen molar-refractivity contribution in [1.29, 1.82) is 0 Å². The Hall–Kier alpha value is -1.26. The molecule has 1 atom stereocenters. The maximum absolute atomic E-state index is 13.4. The van der Waals surface area contributed by atoms with Crippen molar-refractivity contribution in [3.63, 3.8) is 0 Å². The summed E-state index contributed by atoms with van der Waals surface area (Å²) >= 11 is 1.62. The summed E-state index contributed by atoms with van der Waals surface area (Å²) in [6.07, 6.45) is 0.960. The highest BCUT2D eigenvalue weighted by Gasteiger charge is 2.10. The molecular weight excluding hydrogens is 254 g/mol. The second kappa shape index (κ2) is 6.07. The smallest absolute Gasteiger partial charge is 0.129 e. The minimum Gasteiger partial charge on any atom is -0.393 e. The van der Waals surface area contributed by atoms with Crippen LogP contribution in [0.3, 0.4) is 0 Å². The molecule has 1 heterocycles. The summed E-state index contributed by atoms with van der Waals surface area (Å²) < 4.78 is 26.1. The highest BCUT2D eigenvalue weighted by molar-refractivity contribution is 7.07. The molecule has 96 valence electrons. The first-order chi connectivity index (χ1) is 8.65. The van der Waals surface area contributed by atoms with E-state index in [4.69, 9.17) is 0 Å². The van der Waals surface area contributed by atoms with E-state index in [1.54, 1.807) is 11.3 Å². The molecule has 18 heavy (non-hydrogen) atoms. The van der Waals surface area contributed by atoms with Gasteiger partial charge in [0.25, 0.3) is 0 Å². The molecule has 0 amide bonds. The van der Waals surface area contributed by atoms with Gasteiger partial charge in [-0.1, -0.05) is 6.07 Å². The van der Waals surface area contributed by atoms with Crippen LogP contribution in [0.15, 0.2) is 35.0 Å². The van der Waals surface area contributed by atoms with Crippen LogP contribution in [0.1, 0.15) is 17.5 Å². The Balaban J connectivity index is 1.88. The van der Waals surface area contributed by atoms with E-state index in [-0.39, 0.29) is 6.42 Å². The third-order valence-electron chi connectivity index (χ3n) is 2.82. The second-order valence-electron chi connectivity index (χ2n) is 4.26. The monoisotopic (exact) mass is 268 g/mol. The first-order valence-electron chi connectivity index (χ1n) is 5.78. The van der Waals surface area contributed by atoms with Gasteiger partial charge in [-0.05, 0) is 46.9 Å². The number of aryl methyl sites for hydroxylation is 1. The molecule has 4 heteroatoms. The Kier molecular flexibility index (Phi) is 4.44. The number of aliphatic hydroxyl groups excluding tert-OH is 1. The fraction of sp³-hybridized carbons (Fsp3) is 0.286. The molecule has 1 aromatic carbocycles. The van der Waals surface area contributed by atoms with Crippen molar-refractivity contribution < 1.29 is 13.9 Å². The molecule has 0 radical (unpaired) electrons. The van der Waals surface area contributed by atoms with Gasteiger partial charge in [-0.25, -0.2) is 8.78 Å². The van der Waals surface area contributed by atoms with E-state index in [0.29, 0.717) is 12.0 Å². The topological polar surface area (TPSA) is 20.2 Å². The normalized spacial score (nSPS) is 12.6. The van der Waals surface area contributed by atoms with Gasteiger partial charge >= 0.3 is 0 Å². The molecule has 0 fully saturated rings. The average molecular weight is 268 g/mol. The summed E-state index contributed by atoms with van der Waals surface area (Å²) in [4.78, 5) is 0. The van der Waals surface area contributed by atoms with E-state index in [0.717, 1.165) is 12.5 Å². The summed E-state index contributed by atoms with van der Waals surface area (Å²) in [7, 11) is 0. The largest absolute Gasteiger partial charge is 0.393 e. The van der Waals surface area contributed by atoms with Crippen molar-refractivity contribution in [2.45, 2.75) is 25.4 Å². The number of thiophene rings is 1. The third kappa shape index (κ3) is 3.62. The van der Waals surface area contributed by atoms with Crippen LogP contribution >= 0.6 is 11.3 Å². The van der Waals surface area contributed by atoms with Crippen LogP contribution in [-0.2, 0) is 12.8 Å². The third-order valence-corrected chi connectivity index (χ3v) is 3.55. The fourth-order valence-electron chi connectivity index (χ4n) is 1.81. The van der Waals surface area contributed by atoms with Crippen molar-refractivity contribution >= 4 is 11.3 Å². The second-order valence-corrected chi connectivity index (χ2v) is 5.04. The Morgan fingerprint density at radius 1 is 1.22 bits per heavy atom. The van der Waals surface area contributed by atoms with E-state index < -0.39 is 17.7 Å². The van der Waals surface area contributed by atoms with E-state index in [9.17, 15) is 13.9 Å². The van der Waals surface area contributed by atoms with Gasteiger partial charge < -0.3 is 5.11 Å². The number of halogens is 2. The van der Waals surface area contributed by atoms with Gasteiger partial charge in [0, 0.05) is 12.5 Å². The molecule has 0 bridgehead atoms. The number of hydrogen-bond acceptors (Lipinski definition) is 2. The molecule has 2 rings (SSSR count). The molecule has 1 nitrogen and oxygen atoms in total. The summed E-state index contributed by atoms with van der Waals surface area (Å²) in [5, 5.41) is 13.9. The van der Waals surface area contributed by atoms with Gasteiger partial charge in [-0.15, -0.1) is 0 Å². The SMILES string of the molecule is OC(CCc1ccsc1)Cc1ccc(F)cc1F. The van der Waals surface area contributed by atoms with Crippen molar-refractivity contribution in [2.75, 3.05) is 0 Å². The first-order valence-corrected chi connectivity index (χ1v) is 6.72. The Morgan fingerprint density at radius 3 is 2.72 bits per heavy atom. The molecule has 0 aliphatic heterocycles. The first kappa shape index (κ1) is 13.2. The lowest BCUT2D eigenvalue weighted by Gasteiger charge is -2.10. The highest BCUT2D eigenvalue weighted by atomic mass is 32.1. The number of rotatable bonds is 5. The molecule has 1 unspecified atom stereocenters. The van der Waals surface area contributed by atoms with E-state index in [2.05, 4.69) is 0 Å². The van der Waals surface area contributed by atoms with E-state index >= 15 is 0 Å². The van der Waals surface area contributed by atoms with Crippen LogP contribution in [0.2, 0.25) is 0 Å². The Labute approximate surface area is 109 Å². The number of hydrogen-bond donors (Lipinski definition) is 1. The molecule has 0 saturated carbocycles. The lowest BCUT2D eigenvalue weighted by molar-refractivity contribution is 0.164. The van der Waals surface area contributed by atoms with Crippen LogP contribution in [0.5, 0.6) is 0 Å². The van der Waals surface area contributed by atoms with Gasteiger partial charge in [0.2, 0.25) is 0 Å². The Bertz CT molecular complexity index is 497. The standard InChI is InChI=1S/C14H14F2OS/c15-12-3-2-11(14(16)8-12)7-13(17)4-1-10-5-6-18-9-10/h2-3,5-6,8-9,13,17H,1,4,7H2. The number of benzene rings is 1.